The van der Waals surface area contributed by atoms with Crippen LogP contribution in [-0.2, 0) is 24.4 Å². The first-order valence-electron chi connectivity index (χ1n) is 10.4. The van der Waals surface area contributed by atoms with Gasteiger partial charge in [0.15, 0.2) is 5.82 Å². The maximum Gasteiger partial charge on any atom is 0.214 e. The number of hydrogen-bond acceptors (Lipinski definition) is 4. The molecule has 0 radical (unpaired) electrons. The summed E-state index contributed by atoms with van der Waals surface area (Å²) in [7, 11) is 0. The van der Waals surface area contributed by atoms with Gasteiger partial charge in [0.25, 0.3) is 0 Å². The van der Waals surface area contributed by atoms with Gasteiger partial charge in [-0.2, -0.15) is 0 Å². The van der Waals surface area contributed by atoms with Crippen molar-refractivity contribution in [2.75, 3.05) is 10.2 Å². The van der Waals surface area contributed by atoms with Crippen molar-refractivity contribution in [1.82, 2.24) is 9.55 Å². The van der Waals surface area contributed by atoms with Gasteiger partial charge >= 0.3 is 0 Å². The van der Waals surface area contributed by atoms with Crippen molar-refractivity contribution in [2.45, 2.75) is 19.6 Å². The Morgan fingerprint density at radius 1 is 0.844 bits per heavy atom. The van der Waals surface area contributed by atoms with Crippen molar-refractivity contribution >= 4 is 30.1 Å². The van der Waals surface area contributed by atoms with Gasteiger partial charge < -0.3 is 14.8 Å². The second-order valence-electron chi connectivity index (χ2n) is 7.42. The molecule has 160 valence electrons. The van der Waals surface area contributed by atoms with E-state index in [0.717, 1.165) is 23.1 Å². The third-order valence-corrected chi connectivity index (χ3v) is 5.55. The van der Waals surface area contributed by atoms with Crippen LogP contribution in [0.25, 0.3) is 0 Å². The van der Waals surface area contributed by atoms with Gasteiger partial charge in [-0.1, -0.05) is 103 Å². The van der Waals surface area contributed by atoms with Crippen LogP contribution in [0.3, 0.4) is 0 Å². The summed E-state index contributed by atoms with van der Waals surface area (Å²) in [6.45, 7) is 1.57. The molecule has 4 aromatic rings. The lowest BCUT2D eigenvalue weighted by Crippen LogP contribution is -2.24. The van der Waals surface area contributed by atoms with Crippen LogP contribution in [0, 0.1) is 4.64 Å². The molecule has 6 heteroatoms. The maximum atomic E-state index is 12.2. The number of nitrogens with zero attached hydrogens (tertiary/aromatic N) is 3. The lowest BCUT2D eigenvalue weighted by Gasteiger charge is -2.23. The Morgan fingerprint density at radius 3 is 2.00 bits per heavy atom. The van der Waals surface area contributed by atoms with Gasteiger partial charge in [-0.25, -0.2) is 4.98 Å². The number of hydrogen-bond donors (Lipinski definition) is 1. The molecule has 1 heterocycles. The minimum atomic E-state index is 0.408. The summed E-state index contributed by atoms with van der Waals surface area (Å²) < 4.78 is 2.46. The van der Waals surface area contributed by atoms with E-state index in [1.807, 2.05) is 95.6 Å². The average Bonchev–Trinajstić information content (AvgIpc) is 2.85. The molecule has 4 rings (SSSR count). The van der Waals surface area contributed by atoms with Gasteiger partial charge in [0.1, 0.15) is 10.3 Å². The summed E-state index contributed by atoms with van der Waals surface area (Å²) in [6.07, 6.45) is 2.55. The number of nitrogens with one attached hydrogen (secondary N) is 1. The molecule has 1 amide bonds. The highest BCUT2D eigenvalue weighted by atomic mass is 32.1. The van der Waals surface area contributed by atoms with Gasteiger partial charge in [-0.3, -0.25) is 4.79 Å². The zero-order chi connectivity index (χ0) is 22.2. The van der Waals surface area contributed by atoms with Crippen LogP contribution >= 0.6 is 12.2 Å². The van der Waals surface area contributed by atoms with E-state index in [-0.39, 0.29) is 0 Å². The molecule has 0 aliphatic heterocycles. The summed E-state index contributed by atoms with van der Waals surface area (Å²) in [5, 5.41) is 3.37. The van der Waals surface area contributed by atoms with Gasteiger partial charge in [0, 0.05) is 13.1 Å². The first-order valence-corrected chi connectivity index (χ1v) is 10.8. The zero-order valence-electron chi connectivity index (χ0n) is 17.6. The van der Waals surface area contributed by atoms with Crippen molar-refractivity contribution in [2.24, 2.45) is 0 Å². The Labute approximate surface area is 193 Å². The van der Waals surface area contributed by atoms with Gasteiger partial charge in [0.2, 0.25) is 6.41 Å². The lowest BCUT2D eigenvalue weighted by molar-refractivity contribution is -0.107. The Bertz CT molecular complexity index is 1210. The lowest BCUT2D eigenvalue weighted by atomic mass is 10.2. The Morgan fingerprint density at radius 2 is 1.41 bits per heavy atom. The summed E-state index contributed by atoms with van der Waals surface area (Å²) in [6, 6.07) is 30.0. The molecule has 0 fully saturated rings. The summed E-state index contributed by atoms with van der Waals surface area (Å²) in [4.78, 5) is 18.4. The van der Waals surface area contributed by atoms with E-state index in [9.17, 15) is 4.79 Å². The fraction of sp³-hybridized carbons (Fsp3) is 0.115. The maximum absolute atomic E-state index is 12.2. The minimum Gasteiger partial charge on any atom is -0.364 e. The van der Waals surface area contributed by atoms with Crippen molar-refractivity contribution < 1.29 is 4.79 Å². The second kappa shape index (κ2) is 10.5. The fourth-order valence-electron chi connectivity index (χ4n) is 3.49. The van der Waals surface area contributed by atoms with Crippen LogP contribution < -0.4 is 10.2 Å². The smallest absolute Gasteiger partial charge is 0.214 e. The first kappa shape index (κ1) is 21.5. The summed E-state index contributed by atoms with van der Waals surface area (Å²) >= 11 is 5.85. The molecule has 0 spiro atoms. The highest BCUT2D eigenvalue weighted by Gasteiger charge is 2.17. The minimum absolute atomic E-state index is 0.408. The number of aromatic nitrogens is 2. The molecule has 0 saturated heterocycles. The molecule has 3 aromatic carbocycles. The molecular weight excluding hydrogens is 416 g/mol. The van der Waals surface area contributed by atoms with Gasteiger partial charge in [-0.15, -0.1) is 0 Å². The molecule has 0 atom stereocenters. The molecule has 1 N–H and O–H groups in total. The van der Waals surface area contributed by atoms with Crippen LogP contribution in [0.4, 0.5) is 11.5 Å². The first-order chi connectivity index (χ1) is 15.7. The van der Waals surface area contributed by atoms with Crippen molar-refractivity contribution in [3.63, 3.8) is 0 Å². The average molecular weight is 441 g/mol. The normalized spacial score (nSPS) is 10.5. The van der Waals surface area contributed by atoms with E-state index in [2.05, 4.69) is 10.3 Å². The SMILES string of the molecule is O=CN(Cc1ccccc1)c1c(NCc2ccccc2)ncn(Cc2ccccc2)c1=S. The molecule has 1 aromatic heterocycles. The van der Waals surface area contributed by atoms with E-state index in [4.69, 9.17) is 12.2 Å². The number of carbonyl (C=O) groups excluding carboxylic acids is 1. The molecule has 5 nitrogen and oxygen atoms in total. The largest absolute Gasteiger partial charge is 0.364 e. The summed E-state index contributed by atoms with van der Waals surface area (Å²) in [5.41, 5.74) is 3.85. The predicted molar refractivity (Wildman–Crippen MR) is 131 cm³/mol. The molecule has 0 aliphatic carbocycles. The molecule has 0 bridgehead atoms. The van der Waals surface area contributed by atoms with Gasteiger partial charge in [0.05, 0.1) is 12.9 Å². The van der Waals surface area contributed by atoms with Crippen LogP contribution in [0.2, 0.25) is 0 Å². The number of carbonyl (C=O) groups is 1. The number of anilines is 2. The molecule has 0 saturated carbocycles. The van der Waals surface area contributed by atoms with Gasteiger partial charge in [-0.05, 0) is 16.7 Å². The fourth-order valence-corrected chi connectivity index (χ4v) is 3.82. The second-order valence-corrected chi connectivity index (χ2v) is 7.81. The monoisotopic (exact) mass is 440 g/mol. The Kier molecular flexibility index (Phi) is 7.05. The van der Waals surface area contributed by atoms with Crippen LogP contribution in [0.1, 0.15) is 16.7 Å². The standard InChI is InChI=1S/C26H24N4OS/c31-20-30(18-23-14-8-3-9-15-23)24-25(27-16-21-10-4-1-5-11-21)28-19-29(26(24)32)17-22-12-6-2-7-13-22/h1-15,19-20,27H,16-18H2. The quantitative estimate of drug-likeness (QED) is 0.278. The third kappa shape index (κ3) is 5.28. The van der Waals surface area contributed by atoms with E-state index in [0.29, 0.717) is 35.8 Å². The van der Waals surface area contributed by atoms with Crippen molar-refractivity contribution in [3.05, 3.63) is 119 Å². The number of rotatable bonds is 9. The summed E-state index contributed by atoms with van der Waals surface area (Å²) in [5.74, 6) is 0.589. The van der Waals surface area contributed by atoms with Crippen LogP contribution in [0.15, 0.2) is 97.3 Å². The molecular formula is C26H24N4OS. The van der Waals surface area contributed by atoms with E-state index in [1.54, 1.807) is 11.2 Å². The Balaban J connectivity index is 1.70. The molecule has 0 unspecified atom stereocenters. The Hall–Kier alpha value is -3.77. The number of amides is 1. The molecule has 32 heavy (non-hydrogen) atoms. The van der Waals surface area contributed by atoms with Crippen molar-refractivity contribution in [1.29, 1.82) is 0 Å². The zero-order valence-corrected chi connectivity index (χ0v) is 18.4. The number of benzene rings is 3. The highest BCUT2D eigenvalue weighted by Crippen LogP contribution is 2.27. The van der Waals surface area contributed by atoms with Crippen LogP contribution in [-0.4, -0.2) is 16.0 Å². The van der Waals surface area contributed by atoms with Crippen LogP contribution in [0.5, 0.6) is 0 Å². The topological polar surface area (TPSA) is 50.2 Å². The molecule has 0 aliphatic rings. The van der Waals surface area contributed by atoms with Crippen molar-refractivity contribution in [3.8, 4) is 0 Å². The predicted octanol–water partition coefficient (Wildman–Crippen LogP) is 5.44. The van der Waals surface area contributed by atoms with E-state index in [1.165, 1.54) is 0 Å². The highest BCUT2D eigenvalue weighted by molar-refractivity contribution is 7.71. The third-order valence-electron chi connectivity index (χ3n) is 5.12. The van der Waals surface area contributed by atoms with E-state index >= 15 is 0 Å². The van der Waals surface area contributed by atoms with E-state index < -0.39 is 0 Å².